The van der Waals surface area contributed by atoms with Gasteiger partial charge in [-0.25, -0.2) is 0 Å². The molecule has 0 aromatic heterocycles. The van der Waals surface area contributed by atoms with E-state index in [2.05, 4.69) is 5.32 Å². The van der Waals surface area contributed by atoms with Crippen molar-refractivity contribution in [3.05, 3.63) is 111 Å². The molecule has 1 N–H and O–H groups in total. The molecule has 3 aromatic carbocycles. The first-order valence-electron chi connectivity index (χ1n) is 11.3. The van der Waals surface area contributed by atoms with Crippen LogP contribution in [-0.2, 0) is 22.3 Å². The van der Waals surface area contributed by atoms with E-state index in [1.54, 1.807) is 55.5 Å². The van der Waals surface area contributed by atoms with E-state index in [9.17, 15) is 22.8 Å². The zero-order chi connectivity index (χ0) is 26.7. The maximum atomic E-state index is 13.5. The highest BCUT2D eigenvalue weighted by molar-refractivity contribution is 6.31. The first-order valence-corrected chi connectivity index (χ1v) is 11.7. The van der Waals surface area contributed by atoms with Crippen molar-refractivity contribution in [2.24, 2.45) is 0 Å². The third-order valence-corrected chi connectivity index (χ3v) is 6.59. The van der Waals surface area contributed by atoms with E-state index >= 15 is 0 Å². The number of allylic oxidation sites excluding steroid dienone is 1. The lowest BCUT2D eigenvalue weighted by Gasteiger charge is -2.35. The molecule has 0 saturated heterocycles. The smallest absolute Gasteiger partial charge is 0.348 e. The average molecular weight is 524 g/mol. The van der Waals surface area contributed by atoms with Crippen LogP contribution in [0.1, 0.15) is 41.5 Å². The highest BCUT2D eigenvalue weighted by Crippen LogP contribution is 2.40. The summed E-state index contributed by atoms with van der Waals surface area (Å²) >= 11 is 6.21. The Hall–Kier alpha value is -4.09. The van der Waals surface area contributed by atoms with Crippen LogP contribution >= 0.6 is 11.6 Å². The van der Waals surface area contributed by atoms with Crippen LogP contribution < -0.4 is 10.2 Å². The summed E-state index contributed by atoms with van der Waals surface area (Å²) in [5.74, 6) is -1.58. The minimum absolute atomic E-state index is 0.0204. The molecule has 0 aliphatic carbocycles. The van der Waals surface area contributed by atoms with E-state index in [0.29, 0.717) is 21.7 Å². The molecule has 37 heavy (non-hydrogen) atoms. The van der Waals surface area contributed by atoms with Crippen molar-refractivity contribution in [1.82, 2.24) is 5.32 Å². The molecule has 188 valence electrons. The van der Waals surface area contributed by atoms with Gasteiger partial charge in [0.1, 0.15) is 0 Å². The van der Waals surface area contributed by atoms with Crippen LogP contribution in [0.15, 0.2) is 84.1 Å². The molecule has 9 heteroatoms. The van der Waals surface area contributed by atoms with Gasteiger partial charge in [0.15, 0.2) is 0 Å². The fraction of sp³-hybridized carbons (Fsp3) is 0.179. The Morgan fingerprint density at radius 1 is 1.11 bits per heavy atom. The van der Waals surface area contributed by atoms with E-state index in [-0.39, 0.29) is 29.9 Å². The number of carbonyl (C=O) groups excluding carboxylic acids is 2. The number of hydrogen-bond acceptors (Lipinski definition) is 3. The topological polar surface area (TPSA) is 73.2 Å². The number of rotatable bonds is 5. The molecule has 4 rings (SSSR count). The van der Waals surface area contributed by atoms with Gasteiger partial charge in [0, 0.05) is 40.9 Å². The van der Waals surface area contributed by atoms with Crippen molar-refractivity contribution in [3.63, 3.8) is 0 Å². The molecule has 1 aliphatic rings. The van der Waals surface area contributed by atoms with Crippen LogP contribution in [0, 0.1) is 11.3 Å². The number of alkyl halides is 3. The summed E-state index contributed by atoms with van der Waals surface area (Å²) in [7, 11) is 0. The average Bonchev–Trinajstić information content (AvgIpc) is 2.87. The fourth-order valence-electron chi connectivity index (χ4n) is 4.40. The molecule has 0 spiro atoms. The number of benzene rings is 3. The minimum Gasteiger partial charge on any atom is -0.348 e. The van der Waals surface area contributed by atoms with Gasteiger partial charge >= 0.3 is 6.18 Å². The van der Waals surface area contributed by atoms with Gasteiger partial charge in [0.2, 0.25) is 11.8 Å². The van der Waals surface area contributed by atoms with Gasteiger partial charge in [0.25, 0.3) is 0 Å². The molecule has 1 unspecified atom stereocenters. The Morgan fingerprint density at radius 3 is 2.46 bits per heavy atom. The monoisotopic (exact) mass is 523 g/mol. The lowest BCUT2D eigenvalue weighted by molar-refractivity contribution is -0.137. The second kappa shape index (κ2) is 10.5. The number of nitriles is 1. The third kappa shape index (κ3) is 5.52. The summed E-state index contributed by atoms with van der Waals surface area (Å²) in [6.45, 7) is 1.66. The Balaban J connectivity index is 1.77. The van der Waals surface area contributed by atoms with Gasteiger partial charge in [0.05, 0.1) is 17.2 Å². The van der Waals surface area contributed by atoms with Crippen LogP contribution in [0.3, 0.4) is 0 Å². The van der Waals surface area contributed by atoms with Crippen molar-refractivity contribution in [2.45, 2.75) is 32.0 Å². The Bertz CT molecular complexity index is 1430. The number of carbonyl (C=O) groups is 2. The van der Waals surface area contributed by atoms with Crippen molar-refractivity contribution >= 4 is 29.1 Å². The maximum Gasteiger partial charge on any atom is 0.416 e. The van der Waals surface area contributed by atoms with Crippen LogP contribution in [0.25, 0.3) is 0 Å². The summed E-state index contributed by atoms with van der Waals surface area (Å²) in [5, 5.41) is 12.4. The SMILES string of the molecule is CC1=C(C(=O)NCc2ccccc2Cl)C(c2ccc(C#N)cc2)CC(=O)N1c1cccc(C(F)(F)F)c1. The zero-order valence-electron chi connectivity index (χ0n) is 19.6. The van der Waals surface area contributed by atoms with Gasteiger partial charge in [-0.3, -0.25) is 14.5 Å². The second-order valence-corrected chi connectivity index (χ2v) is 8.95. The molecular formula is C28H21ClF3N3O2. The summed E-state index contributed by atoms with van der Waals surface area (Å²) in [6.07, 6.45) is -4.74. The molecule has 1 atom stereocenters. The zero-order valence-corrected chi connectivity index (χ0v) is 20.4. The second-order valence-electron chi connectivity index (χ2n) is 8.54. The Kier molecular flexibility index (Phi) is 7.37. The number of nitrogens with one attached hydrogen (secondary N) is 1. The molecule has 1 heterocycles. The van der Waals surface area contributed by atoms with E-state index in [0.717, 1.165) is 17.0 Å². The molecule has 3 aromatic rings. The van der Waals surface area contributed by atoms with Gasteiger partial charge in [-0.1, -0.05) is 48.0 Å². The van der Waals surface area contributed by atoms with Crippen LogP contribution in [-0.4, -0.2) is 11.8 Å². The summed E-state index contributed by atoms with van der Waals surface area (Å²) < 4.78 is 40.1. The molecule has 0 radical (unpaired) electrons. The predicted molar refractivity (Wildman–Crippen MR) is 133 cm³/mol. The summed E-state index contributed by atoms with van der Waals surface area (Å²) in [5.41, 5.74) is 1.33. The predicted octanol–water partition coefficient (Wildman–Crippen LogP) is 6.34. The van der Waals surface area contributed by atoms with Gasteiger partial charge < -0.3 is 5.32 Å². The van der Waals surface area contributed by atoms with Crippen molar-refractivity contribution in [1.29, 1.82) is 5.26 Å². The number of halogens is 4. The van der Waals surface area contributed by atoms with Crippen molar-refractivity contribution in [2.75, 3.05) is 4.90 Å². The molecule has 5 nitrogen and oxygen atoms in total. The van der Waals surface area contributed by atoms with E-state index in [1.807, 2.05) is 6.07 Å². The van der Waals surface area contributed by atoms with Gasteiger partial charge in [-0.15, -0.1) is 0 Å². The maximum absolute atomic E-state index is 13.5. The van der Waals surface area contributed by atoms with Crippen LogP contribution in [0.5, 0.6) is 0 Å². The number of nitrogens with zero attached hydrogens (tertiary/aromatic N) is 2. The van der Waals surface area contributed by atoms with E-state index in [1.165, 1.54) is 12.1 Å². The normalized spacial score (nSPS) is 15.9. The lowest BCUT2D eigenvalue weighted by atomic mass is 9.82. The van der Waals surface area contributed by atoms with Crippen LogP contribution in [0.2, 0.25) is 5.02 Å². The minimum atomic E-state index is -4.59. The standard InChI is InChI=1S/C28H21ClF3N3O2/c1-17-26(27(37)34-16-20-5-2-3-8-24(20)29)23(19-11-9-18(15-33)10-12-19)14-25(36)35(17)22-7-4-6-21(13-22)28(30,31)32/h2-13,23H,14,16H2,1H3,(H,34,37). The van der Waals surface area contributed by atoms with Crippen molar-refractivity contribution < 1.29 is 22.8 Å². The van der Waals surface area contributed by atoms with Crippen LogP contribution in [0.4, 0.5) is 18.9 Å². The molecule has 2 amide bonds. The Labute approximate surface area is 216 Å². The summed E-state index contributed by atoms with van der Waals surface area (Å²) in [6, 6.07) is 20.0. The fourth-order valence-corrected chi connectivity index (χ4v) is 4.60. The molecule has 0 bridgehead atoms. The molecular weight excluding hydrogens is 503 g/mol. The van der Waals surface area contributed by atoms with E-state index < -0.39 is 29.5 Å². The molecule has 0 fully saturated rings. The molecule has 0 saturated carbocycles. The first-order chi connectivity index (χ1) is 17.6. The van der Waals surface area contributed by atoms with Gasteiger partial charge in [-0.05, 0) is 54.4 Å². The quantitative estimate of drug-likeness (QED) is 0.424. The van der Waals surface area contributed by atoms with Crippen molar-refractivity contribution in [3.8, 4) is 6.07 Å². The molecule has 1 aliphatic heterocycles. The number of anilines is 1. The Morgan fingerprint density at radius 2 is 1.81 bits per heavy atom. The first kappa shape index (κ1) is 26.0. The number of amides is 2. The summed E-state index contributed by atoms with van der Waals surface area (Å²) in [4.78, 5) is 28.0. The largest absolute Gasteiger partial charge is 0.416 e. The third-order valence-electron chi connectivity index (χ3n) is 6.22. The number of hydrogen-bond donors (Lipinski definition) is 1. The van der Waals surface area contributed by atoms with E-state index in [4.69, 9.17) is 16.9 Å². The highest BCUT2D eigenvalue weighted by Gasteiger charge is 2.38. The highest BCUT2D eigenvalue weighted by atomic mass is 35.5. The lowest BCUT2D eigenvalue weighted by Crippen LogP contribution is -2.40. The van der Waals surface area contributed by atoms with Gasteiger partial charge in [-0.2, -0.15) is 18.4 Å².